The van der Waals surface area contributed by atoms with Gasteiger partial charge in [-0.05, 0) is 37.5 Å². The number of hydrogen-bond acceptors (Lipinski definition) is 5. The summed E-state index contributed by atoms with van der Waals surface area (Å²) >= 11 is 0. The number of hydrogen-bond donors (Lipinski definition) is 2. The van der Waals surface area contributed by atoms with Crippen LogP contribution < -0.4 is 5.32 Å². The number of aliphatic hydroxyl groups excluding tert-OH is 1. The van der Waals surface area contributed by atoms with Crippen LogP contribution in [0.2, 0.25) is 0 Å². The maximum absolute atomic E-state index is 12.1. The van der Waals surface area contributed by atoms with Crippen molar-refractivity contribution in [2.75, 3.05) is 7.11 Å². The van der Waals surface area contributed by atoms with Gasteiger partial charge < -0.3 is 19.9 Å². The number of rotatable bonds is 7. The maximum atomic E-state index is 12.1. The van der Waals surface area contributed by atoms with Crippen LogP contribution in [0.4, 0.5) is 0 Å². The van der Waals surface area contributed by atoms with E-state index >= 15 is 0 Å². The van der Waals surface area contributed by atoms with Gasteiger partial charge in [0, 0.05) is 7.11 Å². The lowest BCUT2D eigenvalue weighted by Crippen LogP contribution is -2.57. The number of aliphatic hydroxyl groups is 1. The van der Waals surface area contributed by atoms with Crippen molar-refractivity contribution in [1.82, 2.24) is 5.32 Å². The van der Waals surface area contributed by atoms with E-state index < -0.39 is 24.4 Å². The van der Waals surface area contributed by atoms with Crippen LogP contribution in [0.25, 0.3) is 0 Å². The monoisotopic (exact) mass is 337 g/mol. The van der Waals surface area contributed by atoms with E-state index in [4.69, 9.17) is 9.47 Å². The predicted octanol–water partition coefficient (Wildman–Crippen LogP) is 1.49. The van der Waals surface area contributed by atoms with Crippen molar-refractivity contribution in [3.63, 3.8) is 0 Å². The smallest absolute Gasteiger partial charge is 0.244 e. The molecule has 2 aliphatic rings. The lowest BCUT2D eigenvalue weighted by Gasteiger charge is -2.42. The molecule has 0 unspecified atom stereocenters. The first-order valence-electron chi connectivity index (χ1n) is 8.62. The highest BCUT2D eigenvalue weighted by Crippen LogP contribution is 2.32. The maximum Gasteiger partial charge on any atom is 0.244 e. The predicted molar refractivity (Wildman–Crippen MR) is 89.1 cm³/mol. The molecule has 1 heterocycles. The quantitative estimate of drug-likeness (QED) is 0.543. The Kier molecular flexibility index (Phi) is 7.15. The fourth-order valence-corrected chi connectivity index (χ4v) is 3.16. The first-order valence-corrected chi connectivity index (χ1v) is 8.62. The van der Waals surface area contributed by atoms with Gasteiger partial charge in [-0.25, -0.2) is 0 Å². The van der Waals surface area contributed by atoms with E-state index in [1.165, 1.54) is 19.3 Å². The molecule has 2 rings (SSSR count). The van der Waals surface area contributed by atoms with Crippen LogP contribution in [0.5, 0.6) is 0 Å². The summed E-state index contributed by atoms with van der Waals surface area (Å²) in [5, 5.41) is 12.9. The highest BCUT2D eigenvalue weighted by atomic mass is 16.6. The topological polar surface area (TPSA) is 84.9 Å². The molecule has 1 fully saturated rings. The fraction of sp³-hybridized carbons (Fsp3) is 0.667. The standard InChI is InChI=1S/C18H27NO5/c1-3-4-5-6-7-8-16(21)19-13-11-12-14(20)9-10-15(23-2)17(12)24-18(13)22/h7-10,12-13,15,17-18,22H,3-6,11H2,1-2H3,(H,19,21)/b8-7+/t12-,13-,15+,17-,18+/m0/s1. The van der Waals surface area contributed by atoms with Crippen molar-refractivity contribution in [1.29, 1.82) is 0 Å². The second-order valence-electron chi connectivity index (χ2n) is 6.31. The first-order chi connectivity index (χ1) is 11.6. The molecule has 1 aliphatic heterocycles. The minimum Gasteiger partial charge on any atom is -0.375 e. The SMILES string of the molecule is CCCCC/C=C/C(=O)N[C@H]1C[C@H]2C(=O)C=C[C@@H](OC)[C@H]2O[C@H]1O. The molecule has 0 aromatic heterocycles. The van der Waals surface area contributed by atoms with E-state index in [0.29, 0.717) is 6.42 Å². The Morgan fingerprint density at radius 1 is 1.50 bits per heavy atom. The van der Waals surface area contributed by atoms with Crippen molar-refractivity contribution in [2.45, 2.75) is 63.6 Å². The highest BCUT2D eigenvalue weighted by Gasteiger charge is 2.45. The number of fused-ring (bicyclic) bond motifs is 1. The molecule has 1 amide bonds. The van der Waals surface area contributed by atoms with Crippen LogP contribution >= 0.6 is 0 Å². The van der Waals surface area contributed by atoms with Crippen LogP contribution in [-0.4, -0.2) is 48.4 Å². The van der Waals surface area contributed by atoms with Gasteiger partial charge in [0.2, 0.25) is 5.91 Å². The average Bonchev–Trinajstić information content (AvgIpc) is 2.56. The first kappa shape index (κ1) is 18.8. The molecule has 6 nitrogen and oxygen atoms in total. The van der Waals surface area contributed by atoms with Crippen molar-refractivity contribution in [3.8, 4) is 0 Å². The second-order valence-corrected chi connectivity index (χ2v) is 6.31. The molecule has 2 N–H and O–H groups in total. The van der Waals surface area contributed by atoms with Gasteiger partial charge in [0.25, 0.3) is 0 Å². The average molecular weight is 337 g/mol. The van der Waals surface area contributed by atoms with Gasteiger partial charge in [-0.15, -0.1) is 0 Å². The normalized spacial score (nSPS) is 32.8. The van der Waals surface area contributed by atoms with Gasteiger partial charge in [-0.3, -0.25) is 9.59 Å². The molecule has 134 valence electrons. The number of amides is 1. The summed E-state index contributed by atoms with van der Waals surface area (Å²) in [5.74, 6) is -0.753. The van der Waals surface area contributed by atoms with E-state index in [1.807, 2.05) is 6.08 Å². The summed E-state index contributed by atoms with van der Waals surface area (Å²) in [4.78, 5) is 24.0. The Bertz CT molecular complexity index is 502. The lowest BCUT2D eigenvalue weighted by molar-refractivity contribution is -0.219. The van der Waals surface area contributed by atoms with Crippen LogP contribution in [0.15, 0.2) is 24.3 Å². The molecular formula is C18H27NO5. The number of carbonyl (C=O) groups excluding carboxylic acids is 2. The van der Waals surface area contributed by atoms with Crippen LogP contribution in [-0.2, 0) is 19.1 Å². The molecule has 1 saturated heterocycles. The third-order valence-electron chi connectivity index (χ3n) is 4.53. The van der Waals surface area contributed by atoms with Gasteiger partial charge in [-0.2, -0.15) is 0 Å². The number of ketones is 1. The third kappa shape index (κ3) is 4.75. The highest BCUT2D eigenvalue weighted by molar-refractivity contribution is 5.93. The minimum atomic E-state index is -1.15. The zero-order valence-corrected chi connectivity index (χ0v) is 14.3. The van der Waals surface area contributed by atoms with Gasteiger partial charge in [0.1, 0.15) is 12.2 Å². The molecule has 0 bridgehead atoms. The second kappa shape index (κ2) is 9.11. The molecule has 0 aromatic carbocycles. The number of methoxy groups -OCH3 is 1. The Labute approximate surface area is 142 Å². The summed E-state index contributed by atoms with van der Waals surface area (Å²) < 4.78 is 10.8. The molecule has 0 radical (unpaired) electrons. The summed E-state index contributed by atoms with van der Waals surface area (Å²) in [6.07, 6.45) is 8.95. The summed E-state index contributed by atoms with van der Waals surface area (Å²) in [6, 6.07) is -0.605. The number of unbranched alkanes of at least 4 members (excludes halogenated alkanes) is 3. The van der Waals surface area contributed by atoms with E-state index in [9.17, 15) is 14.7 Å². The van der Waals surface area contributed by atoms with Gasteiger partial charge in [-0.1, -0.05) is 25.8 Å². The Hall–Kier alpha value is -1.50. The summed E-state index contributed by atoms with van der Waals surface area (Å²) in [5.41, 5.74) is 0. The van der Waals surface area contributed by atoms with Crippen molar-refractivity contribution in [3.05, 3.63) is 24.3 Å². The molecule has 0 spiro atoms. The summed E-state index contributed by atoms with van der Waals surface area (Å²) in [7, 11) is 1.54. The van der Waals surface area contributed by atoms with Crippen LogP contribution in [0.3, 0.4) is 0 Å². The number of carbonyl (C=O) groups is 2. The van der Waals surface area contributed by atoms with Gasteiger partial charge >= 0.3 is 0 Å². The van der Waals surface area contributed by atoms with Gasteiger partial charge in [0.15, 0.2) is 12.1 Å². The molecule has 24 heavy (non-hydrogen) atoms. The zero-order valence-electron chi connectivity index (χ0n) is 14.3. The molecule has 0 saturated carbocycles. The Morgan fingerprint density at radius 2 is 2.29 bits per heavy atom. The van der Waals surface area contributed by atoms with E-state index in [-0.39, 0.29) is 17.8 Å². The third-order valence-corrected chi connectivity index (χ3v) is 4.53. The van der Waals surface area contributed by atoms with Crippen molar-refractivity contribution < 1.29 is 24.2 Å². The van der Waals surface area contributed by atoms with E-state index in [0.717, 1.165) is 25.7 Å². The molecular weight excluding hydrogens is 310 g/mol. The van der Waals surface area contributed by atoms with Crippen molar-refractivity contribution >= 4 is 11.7 Å². The fourth-order valence-electron chi connectivity index (χ4n) is 3.16. The molecule has 5 atom stereocenters. The van der Waals surface area contributed by atoms with E-state index in [2.05, 4.69) is 12.2 Å². The largest absolute Gasteiger partial charge is 0.375 e. The lowest BCUT2D eigenvalue weighted by atomic mass is 9.81. The summed E-state index contributed by atoms with van der Waals surface area (Å²) in [6.45, 7) is 2.13. The molecule has 6 heteroatoms. The van der Waals surface area contributed by atoms with Crippen LogP contribution in [0, 0.1) is 5.92 Å². The van der Waals surface area contributed by atoms with Crippen molar-refractivity contribution in [2.24, 2.45) is 5.92 Å². The molecule has 1 aliphatic carbocycles. The van der Waals surface area contributed by atoms with Crippen LogP contribution in [0.1, 0.15) is 39.0 Å². The number of nitrogens with one attached hydrogen (secondary N) is 1. The number of ether oxygens (including phenoxy) is 2. The molecule has 0 aromatic rings. The Morgan fingerprint density at radius 3 is 3.00 bits per heavy atom. The zero-order chi connectivity index (χ0) is 17.5. The van der Waals surface area contributed by atoms with E-state index in [1.54, 1.807) is 6.08 Å². The minimum absolute atomic E-state index is 0.0606. The van der Waals surface area contributed by atoms with Gasteiger partial charge in [0.05, 0.1) is 12.0 Å². The number of allylic oxidation sites excluding steroid dienone is 2. The Balaban J connectivity index is 1.90.